The normalized spacial score (nSPS) is 11.5. The molecule has 3 rings (SSSR count). The second-order valence-corrected chi connectivity index (χ2v) is 7.61. The third-order valence-corrected chi connectivity index (χ3v) is 5.12. The Morgan fingerprint density at radius 3 is 2.08 bits per heavy atom. The lowest BCUT2D eigenvalue weighted by molar-refractivity contribution is 0.593. The van der Waals surface area contributed by atoms with Crippen molar-refractivity contribution in [3.05, 3.63) is 64.8 Å². The summed E-state index contributed by atoms with van der Waals surface area (Å²) in [5.74, 6) is 0. The number of aromatic nitrogens is 2. The lowest BCUT2D eigenvalue weighted by atomic mass is 10.1. The van der Waals surface area contributed by atoms with Crippen LogP contribution in [0.5, 0.6) is 0 Å². The first kappa shape index (κ1) is 16.8. The molecule has 8 heteroatoms. The topological polar surface area (TPSA) is 64.0 Å². The van der Waals surface area contributed by atoms with Crippen LogP contribution in [-0.4, -0.2) is 18.2 Å². The minimum atomic E-state index is -3.85. The van der Waals surface area contributed by atoms with E-state index in [0.29, 0.717) is 26.9 Å². The van der Waals surface area contributed by atoms with Crippen LogP contribution < -0.4 is 4.72 Å². The van der Waals surface area contributed by atoms with E-state index in [1.807, 2.05) is 0 Å². The predicted octanol–water partition coefficient (Wildman–Crippen LogP) is 4.19. The molecule has 0 unspecified atom stereocenters. The Morgan fingerprint density at radius 2 is 1.50 bits per heavy atom. The van der Waals surface area contributed by atoms with Gasteiger partial charge in [0.15, 0.2) is 0 Å². The number of sulfonamides is 1. The van der Waals surface area contributed by atoms with Gasteiger partial charge in [0.05, 0.1) is 0 Å². The molecule has 0 saturated carbocycles. The molecule has 0 bridgehead atoms. The van der Waals surface area contributed by atoms with E-state index >= 15 is 0 Å². The fraction of sp³-hybridized carbons (Fsp3) is 0.0625. The van der Waals surface area contributed by atoms with E-state index in [9.17, 15) is 8.42 Å². The van der Waals surface area contributed by atoms with Crippen LogP contribution in [0, 0.1) is 0 Å². The zero-order valence-electron chi connectivity index (χ0n) is 12.6. The molecule has 3 aromatic rings. The van der Waals surface area contributed by atoms with Crippen molar-refractivity contribution in [2.24, 2.45) is 7.05 Å². The zero-order valence-corrected chi connectivity index (χ0v) is 14.9. The number of anilines is 1. The van der Waals surface area contributed by atoms with Gasteiger partial charge in [0.1, 0.15) is 0 Å². The Hall–Kier alpha value is -2.02. The van der Waals surface area contributed by atoms with Crippen molar-refractivity contribution in [1.82, 2.24) is 9.78 Å². The van der Waals surface area contributed by atoms with Crippen molar-refractivity contribution in [3.63, 3.8) is 0 Å². The number of nitrogens with one attached hydrogen (secondary N) is 1. The molecule has 0 spiro atoms. The van der Waals surface area contributed by atoms with Gasteiger partial charge in [-0.05, 0) is 42.0 Å². The van der Waals surface area contributed by atoms with E-state index in [1.165, 1.54) is 4.68 Å². The van der Waals surface area contributed by atoms with Crippen LogP contribution in [0.1, 0.15) is 0 Å². The number of nitrogens with zero attached hydrogens (tertiary/aromatic N) is 2. The van der Waals surface area contributed by atoms with Crippen molar-refractivity contribution in [2.75, 3.05) is 4.72 Å². The lowest BCUT2D eigenvalue weighted by Gasteiger charge is -2.08. The summed E-state index contributed by atoms with van der Waals surface area (Å²) in [7, 11) is -2.18. The molecule has 0 fully saturated rings. The summed E-state index contributed by atoms with van der Waals surface area (Å²) >= 11 is 11.7. The fourth-order valence-corrected chi connectivity index (χ4v) is 3.71. The summed E-state index contributed by atoms with van der Waals surface area (Å²) in [4.78, 5) is 0. The van der Waals surface area contributed by atoms with Gasteiger partial charge in [0.2, 0.25) is 5.03 Å². The van der Waals surface area contributed by atoms with E-state index in [2.05, 4.69) is 9.82 Å². The molecule has 2 aromatic carbocycles. The molecule has 124 valence electrons. The summed E-state index contributed by atoms with van der Waals surface area (Å²) in [6.45, 7) is 0. The van der Waals surface area contributed by atoms with Crippen molar-refractivity contribution >= 4 is 38.9 Å². The Morgan fingerprint density at radius 1 is 0.958 bits per heavy atom. The van der Waals surface area contributed by atoms with E-state index in [1.54, 1.807) is 61.8 Å². The van der Waals surface area contributed by atoms with Gasteiger partial charge in [0, 0.05) is 34.5 Å². The summed E-state index contributed by atoms with van der Waals surface area (Å²) in [6, 6.07) is 13.3. The van der Waals surface area contributed by atoms with Crippen LogP contribution in [0.3, 0.4) is 0 Å². The van der Waals surface area contributed by atoms with Gasteiger partial charge in [-0.15, -0.1) is 0 Å². The van der Waals surface area contributed by atoms with Crippen LogP contribution in [-0.2, 0) is 17.1 Å². The minimum absolute atomic E-state index is 0.0535. The highest BCUT2D eigenvalue weighted by Gasteiger charge is 2.24. The van der Waals surface area contributed by atoms with Crippen LogP contribution in [0.25, 0.3) is 11.1 Å². The summed E-state index contributed by atoms with van der Waals surface area (Å²) in [5, 5.41) is 5.15. The number of benzene rings is 2. The molecule has 5 nitrogen and oxygen atoms in total. The lowest BCUT2D eigenvalue weighted by Crippen LogP contribution is -2.14. The first-order valence-corrected chi connectivity index (χ1v) is 9.17. The Balaban J connectivity index is 2.02. The smallest absolute Gasteiger partial charge is 0.278 e. The number of aryl methyl sites for hydroxylation is 1. The molecule has 0 amide bonds. The maximum Gasteiger partial charge on any atom is 0.281 e. The molecule has 24 heavy (non-hydrogen) atoms. The summed E-state index contributed by atoms with van der Waals surface area (Å²) in [6.07, 6.45) is 1.65. The van der Waals surface area contributed by atoms with Gasteiger partial charge < -0.3 is 0 Å². The highest BCUT2D eigenvalue weighted by molar-refractivity contribution is 7.92. The Labute approximate surface area is 149 Å². The fourth-order valence-electron chi connectivity index (χ4n) is 2.22. The van der Waals surface area contributed by atoms with Gasteiger partial charge in [-0.25, -0.2) is 0 Å². The van der Waals surface area contributed by atoms with Gasteiger partial charge >= 0.3 is 0 Å². The maximum atomic E-state index is 12.7. The van der Waals surface area contributed by atoms with Crippen molar-refractivity contribution in [3.8, 4) is 11.1 Å². The molecule has 0 saturated heterocycles. The predicted molar refractivity (Wildman–Crippen MR) is 95.9 cm³/mol. The average molecular weight is 382 g/mol. The van der Waals surface area contributed by atoms with Crippen molar-refractivity contribution < 1.29 is 8.42 Å². The minimum Gasteiger partial charge on any atom is -0.278 e. The summed E-state index contributed by atoms with van der Waals surface area (Å²) < 4.78 is 29.4. The van der Waals surface area contributed by atoms with Crippen molar-refractivity contribution in [1.29, 1.82) is 0 Å². The maximum absolute atomic E-state index is 12.7. The third-order valence-electron chi connectivity index (χ3n) is 3.30. The van der Waals surface area contributed by atoms with E-state index in [4.69, 9.17) is 23.2 Å². The van der Waals surface area contributed by atoms with Gasteiger partial charge in [-0.1, -0.05) is 35.3 Å². The van der Waals surface area contributed by atoms with E-state index in [0.717, 1.165) is 0 Å². The Kier molecular flexibility index (Phi) is 4.54. The van der Waals surface area contributed by atoms with Crippen LogP contribution in [0.15, 0.2) is 59.8 Å². The van der Waals surface area contributed by atoms with Gasteiger partial charge in [-0.3, -0.25) is 9.40 Å². The van der Waals surface area contributed by atoms with E-state index in [-0.39, 0.29) is 5.03 Å². The van der Waals surface area contributed by atoms with Crippen molar-refractivity contribution in [2.45, 2.75) is 5.03 Å². The summed E-state index contributed by atoms with van der Waals surface area (Å²) in [5.41, 5.74) is 1.62. The monoisotopic (exact) mass is 381 g/mol. The second kappa shape index (κ2) is 6.47. The molecule has 0 atom stereocenters. The molecule has 0 radical (unpaired) electrons. The van der Waals surface area contributed by atoms with Gasteiger partial charge in [0.25, 0.3) is 10.0 Å². The molecule has 0 aliphatic heterocycles. The van der Waals surface area contributed by atoms with Crippen LogP contribution in [0.2, 0.25) is 10.0 Å². The quantitative estimate of drug-likeness (QED) is 0.736. The Bertz CT molecular complexity index is 966. The molecular formula is C16H13Cl2N3O2S. The third kappa shape index (κ3) is 3.56. The molecule has 1 aromatic heterocycles. The average Bonchev–Trinajstić information content (AvgIpc) is 2.93. The number of rotatable bonds is 4. The standard InChI is InChI=1S/C16H13Cl2N3O2S/c1-21-10-15(11-2-4-12(17)5-3-11)16(19-21)24(22,23)20-14-8-6-13(18)7-9-14/h2-10,20H,1H3. The highest BCUT2D eigenvalue weighted by Crippen LogP contribution is 2.28. The molecule has 0 aliphatic carbocycles. The SMILES string of the molecule is Cn1cc(-c2ccc(Cl)cc2)c(S(=O)(=O)Nc2ccc(Cl)cc2)n1. The zero-order chi connectivity index (χ0) is 17.3. The van der Waals surface area contributed by atoms with Crippen LogP contribution in [0.4, 0.5) is 5.69 Å². The van der Waals surface area contributed by atoms with Crippen LogP contribution >= 0.6 is 23.2 Å². The van der Waals surface area contributed by atoms with Gasteiger partial charge in [-0.2, -0.15) is 13.5 Å². The largest absolute Gasteiger partial charge is 0.281 e. The second-order valence-electron chi connectivity index (χ2n) is 5.14. The number of hydrogen-bond donors (Lipinski definition) is 1. The van der Waals surface area contributed by atoms with E-state index < -0.39 is 10.0 Å². The molecular weight excluding hydrogens is 369 g/mol. The molecule has 1 heterocycles. The number of halogens is 2. The number of hydrogen-bond acceptors (Lipinski definition) is 3. The first-order valence-electron chi connectivity index (χ1n) is 6.93. The molecule has 1 N–H and O–H groups in total. The highest BCUT2D eigenvalue weighted by atomic mass is 35.5. The molecule has 0 aliphatic rings. The first-order chi connectivity index (χ1) is 11.3.